The lowest BCUT2D eigenvalue weighted by molar-refractivity contribution is -0.113. The van der Waals surface area contributed by atoms with E-state index in [0.29, 0.717) is 32.4 Å². The lowest BCUT2D eigenvalue weighted by Crippen LogP contribution is -2.49. The molecule has 2 atom stereocenters. The summed E-state index contributed by atoms with van der Waals surface area (Å²) in [5, 5.41) is 14.5. The summed E-state index contributed by atoms with van der Waals surface area (Å²) in [7, 11) is 1.57. The number of amides is 1. The average Bonchev–Trinajstić information content (AvgIpc) is 3.26. The van der Waals surface area contributed by atoms with Crippen molar-refractivity contribution >= 4 is 30.5 Å². The maximum Gasteiger partial charge on any atom is 0.410 e. The van der Waals surface area contributed by atoms with Crippen LogP contribution >= 0.6 is 0 Å². The summed E-state index contributed by atoms with van der Waals surface area (Å²) in [6.07, 6.45) is 2.83. The van der Waals surface area contributed by atoms with Gasteiger partial charge in [-0.25, -0.2) is 4.79 Å². The first-order valence-corrected chi connectivity index (χ1v) is 16.6. The molecule has 2 heterocycles. The zero-order valence-corrected chi connectivity index (χ0v) is 24.3. The molecule has 1 aromatic carbocycles. The predicted octanol–water partition coefficient (Wildman–Crippen LogP) is 5.60. The number of hydrogen-bond acceptors (Lipinski definition) is 6. The van der Waals surface area contributed by atoms with Crippen molar-refractivity contribution in [3.05, 3.63) is 29.8 Å². The van der Waals surface area contributed by atoms with E-state index in [-0.39, 0.29) is 18.3 Å². The number of hydrogen-bond donors (Lipinski definition) is 1. The monoisotopic (exact) mass is 519 g/mol. The van der Waals surface area contributed by atoms with Gasteiger partial charge in [0.15, 0.2) is 6.29 Å². The number of ether oxygens (including phenoxy) is 3. The van der Waals surface area contributed by atoms with Gasteiger partial charge in [-0.15, -0.1) is 0 Å². The van der Waals surface area contributed by atoms with Gasteiger partial charge in [0, 0.05) is 44.2 Å². The molecule has 1 aromatic heterocycles. The molecule has 0 unspecified atom stereocenters. The number of fused-ring (bicyclic) bond motifs is 1. The summed E-state index contributed by atoms with van der Waals surface area (Å²) in [6.45, 7) is 13.4. The van der Waals surface area contributed by atoms with Crippen LogP contribution in [-0.2, 0) is 19.8 Å². The molecular formula is C28H45NO6Si. The largest absolute Gasteiger partial charge is 0.466 e. The van der Waals surface area contributed by atoms with E-state index in [1.165, 1.54) is 0 Å². The maximum absolute atomic E-state index is 12.9. The molecule has 0 saturated carbocycles. The second-order valence-electron chi connectivity index (χ2n) is 12.1. The predicted molar refractivity (Wildman–Crippen MR) is 145 cm³/mol. The molecule has 0 spiro atoms. The topological polar surface area (TPSA) is 81.4 Å². The van der Waals surface area contributed by atoms with Crippen molar-refractivity contribution in [2.75, 3.05) is 27.3 Å². The van der Waals surface area contributed by atoms with Crippen molar-refractivity contribution in [1.82, 2.24) is 4.90 Å². The van der Waals surface area contributed by atoms with Gasteiger partial charge in [0.2, 0.25) is 0 Å². The molecule has 0 radical (unpaired) electrons. The second-order valence-corrected chi connectivity index (χ2v) is 17.1. The molecule has 3 rings (SSSR count). The highest BCUT2D eigenvalue weighted by molar-refractivity contribution is 6.87. The quantitative estimate of drug-likeness (QED) is 0.343. The smallest absolute Gasteiger partial charge is 0.410 e. The van der Waals surface area contributed by atoms with Crippen LogP contribution in [0.4, 0.5) is 4.79 Å². The van der Waals surface area contributed by atoms with Crippen LogP contribution in [0.25, 0.3) is 11.0 Å². The van der Waals surface area contributed by atoms with E-state index in [9.17, 15) is 9.90 Å². The van der Waals surface area contributed by atoms with Crippen molar-refractivity contribution in [3.63, 3.8) is 0 Å². The van der Waals surface area contributed by atoms with E-state index >= 15 is 0 Å². The second kappa shape index (κ2) is 11.3. The minimum Gasteiger partial charge on any atom is -0.466 e. The number of aliphatic hydroxyl groups is 1. The summed E-state index contributed by atoms with van der Waals surface area (Å²) < 4.78 is 22.9. The molecule has 0 aliphatic carbocycles. The van der Waals surface area contributed by atoms with Crippen LogP contribution < -0.4 is 5.38 Å². The van der Waals surface area contributed by atoms with Gasteiger partial charge in [-0.1, -0.05) is 37.8 Å². The Morgan fingerprint density at radius 1 is 1.22 bits per heavy atom. The van der Waals surface area contributed by atoms with Gasteiger partial charge in [0.25, 0.3) is 0 Å². The molecule has 0 bridgehead atoms. The van der Waals surface area contributed by atoms with Gasteiger partial charge < -0.3 is 28.6 Å². The number of piperidine rings is 1. The van der Waals surface area contributed by atoms with Crippen molar-refractivity contribution < 1.29 is 28.5 Å². The number of likely N-dealkylation sites (tertiary alicyclic amines) is 1. The molecular weight excluding hydrogens is 474 g/mol. The van der Waals surface area contributed by atoms with Crippen LogP contribution in [-0.4, -0.2) is 63.4 Å². The van der Waals surface area contributed by atoms with Crippen molar-refractivity contribution in [2.45, 2.75) is 90.0 Å². The van der Waals surface area contributed by atoms with Crippen LogP contribution in [0.3, 0.4) is 0 Å². The fourth-order valence-corrected chi connectivity index (χ4v) is 6.06. The first kappa shape index (κ1) is 28.7. The van der Waals surface area contributed by atoms with Crippen LogP contribution in [0.1, 0.15) is 58.4 Å². The Kier molecular flexibility index (Phi) is 8.97. The zero-order valence-electron chi connectivity index (χ0n) is 23.3. The number of para-hydroxylation sites is 1. The van der Waals surface area contributed by atoms with Crippen LogP contribution in [0, 0.1) is 5.92 Å². The summed E-state index contributed by atoms with van der Waals surface area (Å²) >= 11 is 0. The molecule has 36 heavy (non-hydrogen) atoms. The Bertz CT molecular complexity index is 1020. The number of carbonyl (C=O) groups excluding carboxylic acids is 1. The molecule has 1 N–H and O–H groups in total. The third-order valence-corrected chi connectivity index (χ3v) is 8.75. The number of methoxy groups -OCH3 is 2. The summed E-state index contributed by atoms with van der Waals surface area (Å²) in [4.78, 5) is 14.6. The number of furan rings is 1. The molecule has 8 heteroatoms. The van der Waals surface area contributed by atoms with Crippen LogP contribution in [0.15, 0.2) is 28.7 Å². The fourth-order valence-electron chi connectivity index (χ4n) is 5.06. The minimum atomic E-state index is -1.69. The van der Waals surface area contributed by atoms with E-state index in [2.05, 4.69) is 25.7 Å². The molecule has 1 fully saturated rings. The number of rotatable bonds is 9. The van der Waals surface area contributed by atoms with E-state index in [0.717, 1.165) is 34.8 Å². The lowest BCUT2D eigenvalue weighted by atomic mass is 9.73. The SMILES string of the molecule is COC(CCC[C@@](O)(c1cccc2cc([Si](C)(C)C)oc12)[C@@H]1CCCN(C(=O)OC(C)(C)C)C1)OC. The molecule has 1 aliphatic rings. The van der Waals surface area contributed by atoms with E-state index in [4.69, 9.17) is 18.6 Å². The number of nitrogens with zero attached hydrogens (tertiary/aromatic N) is 1. The number of benzene rings is 1. The highest BCUT2D eigenvalue weighted by Gasteiger charge is 2.43. The van der Waals surface area contributed by atoms with Crippen LogP contribution in [0.5, 0.6) is 0 Å². The van der Waals surface area contributed by atoms with Gasteiger partial charge in [0.1, 0.15) is 19.3 Å². The Labute approximate surface area is 217 Å². The van der Waals surface area contributed by atoms with E-state index in [1.807, 2.05) is 39.0 Å². The Morgan fingerprint density at radius 3 is 2.53 bits per heavy atom. The lowest BCUT2D eigenvalue weighted by Gasteiger charge is -2.43. The first-order chi connectivity index (χ1) is 16.8. The summed E-state index contributed by atoms with van der Waals surface area (Å²) in [5.74, 6) is -0.159. The van der Waals surface area contributed by atoms with Gasteiger partial charge in [0.05, 0.1) is 11.0 Å². The van der Waals surface area contributed by atoms with Crippen molar-refractivity contribution in [3.8, 4) is 0 Å². The molecule has 1 saturated heterocycles. The average molecular weight is 520 g/mol. The molecule has 2 aromatic rings. The van der Waals surface area contributed by atoms with Crippen molar-refractivity contribution in [2.24, 2.45) is 5.92 Å². The summed E-state index contributed by atoms with van der Waals surface area (Å²) in [6, 6.07) is 8.15. The highest BCUT2D eigenvalue weighted by atomic mass is 28.3. The standard InChI is InChI=1S/C28H45NO6Si/c1-27(2,3)35-26(30)29-17-11-13-21(19-29)28(31,16-10-15-23(32-4)33-5)22-14-9-12-20-18-24(34-25(20)22)36(6,7)8/h9,12,14,18,21,23,31H,10-11,13,15-17,19H2,1-8H3/t21-,28+/m1/s1. The van der Waals surface area contributed by atoms with Gasteiger partial charge >= 0.3 is 6.09 Å². The van der Waals surface area contributed by atoms with Gasteiger partial charge in [-0.2, -0.15) is 0 Å². The van der Waals surface area contributed by atoms with Crippen LogP contribution in [0.2, 0.25) is 19.6 Å². The third kappa shape index (κ3) is 6.71. The van der Waals surface area contributed by atoms with E-state index < -0.39 is 19.3 Å². The van der Waals surface area contributed by atoms with Gasteiger partial charge in [-0.3, -0.25) is 0 Å². The zero-order chi connectivity index (χ0) is 26.7. The molecule has 202 valence electrons. The van der Waals surface area contributed by atoms with E-state index in [1.54, 1.807) is 19.1 Å². The maximum atomic E-state index is 12.9. The Balaban J connectivity index is 1.99. The number of carbonyl (C=O) groups is 1. The molecule has 1 amide bonds. The molecule has 7 nitrogen and oxygen atoms in total. The normalized spacial score (nSPS) is 19.1. The van der Waals surface area contributed by atoms with Crippen molar-refractivity contribution in [1.29, 1.82) is 0 Å². The van der Waals surface area contributed by atoms with Gasteiger partial charge in [-0.05, 0) is 58.9 Å². The minimum absolute atomic E-state index is 0.159. The fraction of sp³-hybridized carbons (Fsp3) is 0.679. The highest BCUT2D eigenvalue weighted by Crippen LogP contribution is 2.43. The Hall–Kier alpha value is -1.87. The molecule has 1 aliphatic heterocycles. The first-order valence-electron chi connectivity index (χ1n) is 13.1. The Morgan fingerprint density at radius 2 is 1.92 bits per heavy atom. The summed E-state index contributed by atoms with van der Waals surface area (Å²) in [5.41, 5.74) is -0.197. The third-order valence-electron chi connectivity index (χ3n) is 7.02.